The van der Waals surface area contributed by atoms with Gasteiger partial charge in [0, 0.05) is 26.1 Å². The van der Waals surface area contributed by atoms with Crippen LogP contribution in [-0.2, 0) is 4.79 Å². The smallest absolute Gasteiger partial charge is 0.223 e. The Morgan fingerprint density at radius 1 is 1.46 bits per heavy atom. The molecular weight excluding hydrogens is 164 g/mol. The molecule has 1 saturated heterocycles. The molecule has 3 heteroatoms. The lowest BCUT2D eigenvalue weighted by Gasteiger charge is -2.35. The van der Waals surface area contributed by atoms with Gasteiger partial charge in [-0.1, -0.05) is 13.8 Å². The maximum absolute atomic E-state index is 11.5. The molecule has 0 aliphatic carbocycles. The summed E-state index contributed by atoms with van der Waals surface area (Å²) < 4.78 is 0. The summed E-state index contributed by atoms with van der Waals surface area (Å²) in [5, 5.41) is 0. The van der Waals surface area contributed by atoms with E-state index in [1.54, 1.807) is 0 Å². The molecule has 0 aromatic carbocycles. The van der Waals surface area contributed by atoms with E-state index in [0.29, 0.717) is 18.9 Å². The Hall–Kier alpha value is -0.570. The van der Waals surface area contributed by atoms with E-state index in [1.807, 2.05) is 4.90 Å². The van der Waals surface area contributed by atoms with Crippen molar-refractivity contribution in [3.05, 3.63) is 0 Å². The quantitative estimate of drug-likeness (QED) is 0.691. The highest BCUT2D eigenvalue weighted by Gasteiger charge is 2.24. The van der Waals surface area contributed by atoms with Gasteiger partial charge in [-0.05, 0) is 18.3 Å². The molecule has 2 atom stereocenters. The Bertz CT molecular complexity index is 182. The van der Waals surface area contributed by atoms with Crippen molar-refractivity contribution in [3.63, 3.8) is 0 Å². The van der Waals surface area contributed by atoms with Crippen LogP contribution in [0.1, 0.15) is 26.7 Å². The van der Waals surface area contributed by atoms with Crippen LogP contribution in [0, 0.1) is 11.8 Å². The van der Waals surface area contributed by atoms with Gasteiger partial charge in [-0.15, -0.1) is 0 Å². The van der Waals surface area contributed by atoms with E-state index in [-0.39, 0.29) is 5.91 Å². The molecule has 1 aliphatic heterocycles. The molecule has 1 aliphatic rings. The van der Waals surface area contributed by atoms with Crippen molar-refractivity contribution in [1.82, 2.24) is 4.90 Å². The van der Waals surface area contributed by atoms with Crippen molar-refractivity contribution in [1.29, 1.82) is 0 Å². The Morgan fingerprint density at radius 3 is 2.69 bits per heavy atom. The molecule has 76 valence electrons. The third kappa shape index (κ3) is 2.69. The molecule has 3 nitrogen and oxygen atoms in total. The minimum absolute atomic E-state index is 0.223. The number of amides is 1. The first-order chi connectivity index (χ1) is 6.15. The van der Waals surface area contributed by atoms with Crippen LogP contribution in [0.4, 0.5) is 0 Å². The fraction of sp³-hybridized carbons (Fsp3) is 0.900. The van der Waals surface area contributed by atoms with E-state index in [9.17, 15) is 4.79 Å². The lowest BCUT2D eigenvalue weighted by atomic mass is 9.88. The van der Waals surface area contributed by atoms with Crippen molar-refractivity contribution in [3.8, 4) is 0 Å². The van der Waals surface area contributed by atoms with Gasteiger partial charge in [0.2, 0.25) is 5.91 Å². The van der Waals surface area contributed by atoms with Crippen LogP contribution in [-0.4, -0.2) is 30.4 Å². The summed E-state index contributed by atoms with van der Waals surface area (Å²) in [6.45, 7) is 6.78. The van der Waals surface area contributed by atoms with Gasteiger partial charge in [0.25, 0.3) is 0 Å². The first-order valence-corrected chi connectivity index (χ1v) is 5.13. The zero-order valence-corrected chi connectivity index (χ0v) is 8.62. The van der Waals surface area contributed by atoms with E-state index in [1.165, 1.54) is 0 Å². The highest BCUT2D eigenvalue weighted by atomic mass is 16.2. The summed E-state index contributed by atoms with van der Waals surface area (Å²) in [6.07, 6.45) is 1.64. The van der Waals surface area contributed by atoms with Crippen molar-refractivity contribution >= 4 is 5.91 Å². The molecule has 2 N–H and O–H groups in total. The van der Waals surface area contributed by atoms with Gasteiger partial charge < -0.3 is 10.6 Å². The van der Waals surface area contributed by atoms with Crippen molar-refractivity contribution < 1.29 is 4.79 Å². The maximum Gasteiger partial charge on any atom is 0.223 e. The monoisotopic (exact) mass is 184 g/mol. The number of hydrogen-bond donors (Lipinski definition) is 1. The number of hydrogen-bond acceptors (Lipinski definition) is 2. The summed E-state index contributed by atoms with van der Waals surface area (Å²) in [7, 11) is 0. The van der Waals surface area contributed by atoms with E-state index in [2.05, 4.69) is 13.8 Å². The van der Waals surface area contributed by atoms with E-state index >= 15 is 0 Å². The minimum Gasteiger partial charge on any atom is -0.342 e. The Balaban J connectivity index is 2.40. The average molecular weight is 184 g/mol. The van der Waals surface area contributed by atoms with Gasteiger partial charge in [0.15, 0.2) is 0 Å². The number of nitrogens with two attached hydrogens (primary N) is 1. The summed E-state index contributed by atoms with van der Waals surface area (Å²) in [4.78, 5) is 13.5. The summed E-state index contributed by atoms with van der Waals surface area (Å²) in [5.74, 6) is 1.61. The van der Waals surface area contributed by atoms with E-state index < -0.39 is 0 Å². The van der Waals surface area contributed by atoms with Crippen LogP contribution in [0.15, 0.2) is 0 Å². The van der Waals surface area contributed by atoms with Crippen LogP contribution in [0.5, 0.6) is 0 Å². The second-order valence-electron chi connectivity index (χ2n) is 4.12. The van der Waals surface area contributed by atoms with Gasteiger partial charge in [0.1, 0.15) is 0 Å². The zero-order valence-electron chi connectivity index (χ0n) is 8.62. The van der Waals surface area contributed by atoms with Crippen molar-refractivity contribution in [2.75, 3.05) is 19.6 Å². The van der Waals surface area contributed by atoms with Gasteiger partial charge in [-0.2, -0.15) is 0 Å². The number of nitrogens with zero attached hydrogens (tertiary/aromatic N) is 1. The van der Waals surface area contributed by atoms with Crippen LogP contribution in [0.25, 0.3) is 0 Å². The fourth-order valence-corrected chi connectivity index (χ4v) is 1.77. The predicted octanol–water partition coefficient (Wildman–Crippen LogP) is 0.840. The highest BCUT2D eigenvalue weighted by Crippen LogP contribution is 2.22. The van der Waals surface area contributed by atoms with Crippen LogP contribution in [0.3, 0.4) is 0 Å². The topological polar surface area (TPSA) is 46.3 Å². The van der Waals surface area contributed by atoms with Crippen molar-refractivity contribution in [2.24, 2.45) is 17.6 Å². The second kappa shape index (κ2) is 4.61. The third-order valence-corrected chi connectivity index (χ3v) is 3.05. The number of piperidine rings is 1. The number of rotatable bonds is 2. The first kappa shape index (κ1) is 10.5. The molecule has 0 aromatic heterocycles. The Kier molecular flexibility index (Phi) is 3.72. The summed E-state index contributed by atoms with van der Waals surface area (Å²) in [6, 6.07) is 0. The lowest BCUT2D eigenvalue weighted by molar-refractivity contribution is -0.133. The van der Waals surface area contributed by atoms with Gasteiger partial charge in [-0.25, -0.2) is 0 Å². The zero-order chi connectivity index (χ0) is 9.84. The van der Waals surface area contributed by atoms with Crippen LogP contribution in [0.2, 0.25) is 0 Å². The Morgan fingerprint density at radius 2 is 2.15 bits per heavy atom. The highest BCUT2D eigenvalue weighted by molar-refractivity contribution is 5.76. The van der Waals surface area contributed by atoms with E-state index in [4.69, 9.17) is 5.73 Å². The molecule has 13 heavy (non-hydrogen) atoms. The number of likely N-dealkylation sites (tertiary alicyclic amines) is 1. The fourth-order valence-electron chi connectivity index (χ4n) is 1.77. The molecule has 0 saturated carbocycles. The molecule has 0 aromatic rings. The molecular formula is C10H20N2O. The maximum atomic E-state index is 11.5. The molecule has 1 heterocycles. The van der Waals surface area contributed by atoms with Gasteiger partial charge >= 0.3 is 0 Å². The first-order valence-electron chi connectivity index (χ1n) is 5.13. The predicted molar refractivity (Wildman–Crippen MR) is 53.2 cm³/mol. The molecule has 0 radical (unpaired) electrons. The number of carbonyl (C=O) groups excluding carboxylic acids is 1. The molecule has 1 fully saturated rings. The van der Waals surface area contributed by atoms with Gasteiger partial charge in [0.05, 0.1) is 0 Å². The molecule has 0 bridgehead atoms. The SMILES string of the molecule is CC1CCN(C(=O)CCN)CC1C. The average Bonchev–Trinajstić information content (AvgIpc) is 2.10. The molecule has 1 rings (SSSR count). The van der Waals surface area contributed by atoms with Crippen LogP contribution >= 0.6 is 0 Å². The minimum atomic E-state index is 0.223. The summed E-state index contributed by atoms with van der Waals surface area (Å²) >= 11 is 0. The van der Waals surface area contributed by atoms with Crippen LogP contribution < -0.4 is 5.73 Å². The van der Waals surface area contributed by atoms with Crippen molar-refractivity contribution in [2.45, 2.75) is 26.7 Å². The normalized spacial score (nSPS) is 29.0. The molecule has 0 spiro atoms. The summed E-state index contributed by atoms with van der Waals surface area (Å²) in [5.41, 5.74) is 5.35. The largest absolute Gasteiger partial charge is 0.342 e. The van der Waals surface area contributed by atoms with Gasteiger partial charge in [-0.3, -0.25) is 4.79 Å². The molecule has 2 unspecified atom stereocenters. The number of carbonyl (C=O) groups is 1. The third-order valence-electron chi connectivity index (χ3n) is 3.05. The molecule has 1 amide bonds. The Labute approximate surface area is 80.3 Å². The second-order valence-corrected chi connectivity index (χ2v) is 4.12. The standard InChI is InChI=1S/C10H20N2O/c1-8-4-6-12(7-9(8)2)10(13)3-5-11/h8-9H,3-7,11H2,1-2H3. The van der Waals surface area contributed by atoms with E-state index in [0.717, 1.165) is 25.4 Å². The lowest BCUT2D eigenvalue weighted by Crippen LogP contribution is -2.42.